The maximum absolute atomic E-state index is 13.9. The molecule has 10 heteroatoms. The molecule has 0 N–H and O–H groups in total. The van der Waals surface area contributed by atoms with Crippen LogP contribution in [0.1, 0.15) is 5.56 Å². The zero-order valence-electron chi connectivity index (χ0n) is 18.5. The van der Waals surface area contributed by atoms with Crippen LogP contribution in [0.3, 0.4) is 0 Å². The molecule has 33 heavy (non-hydrogen) atoms. The summed E-state index contributed by atoms with van der Waals surface area (Å²) in [4.78, 5) is 16.6. The molecule has 1 amide bonds. The Hall–Kier alpha value is -3.11. The van der Waals surface area contributed by atoms with Crippen molar-refractivity contribution in [2.24, 2.45) is 0 Å². The maximum Gasteiger partial charge on any atom is 0.277 e. The van der Waals surface area contributed by atoms with Crippen LogP contribution in [0.25, 0.3) is 11.5 Å². The van der Waals surface area contributed by atoms with E-state index in [1.165, 1.54) is 17.8 Å². The molecule has 1 aliphatic rings. The van der Waals surface area contributed by atoms with Crippen LogP contribution in [0.4, 0.5) is 4.39 Å². The third-order valence-corrected chi connectivity index (χ3v) is 6.20. The van der Waals surface area contributed by atoms with Gasteiger partial charge in [0.15, 0.2) is 0 Å². The molecule has 0 atom stereocenters. The van der Waals surface area contributed by atoms with Crippen molar-refractivity contribution in [3.63, 3.8) is 0 Å². The lowest BCUT2D eigenvalue weighted by Crippen LogP contribution is -2.48. The molecule has 0 bridgehead atoms. The Morgan fingerprint density at radius 2 is 1.76 bits per heavy atom. The van der Waals surface area contributed by atoms with Crippen LogP contribution in [0.5, 0.6) is 11.5 Å². The number of benzene rings is 2. The lowest BCUT2D eigenvalue weighted by molar-refractivity contribution is -0.130. The average molecular weight is 473 g/mol. The highest BCUT2D eigenvalue weighted by Crippen LogP contribution is 2.30. The molecule has 1 aromatic heterocycles. The van der Waals surface area contributed by atoms with E-state index in [0.717, 1.165) is 0 Å². The van der Waals surface area contributed by atoms with E-state index in [-0.39, 0.29) is 17.5 Å². The van der Waals surface area contributed by atoms with Gasteiger partial charge in [0.25, 0.3) is 5.22 Å². The van der Waals surface area contributed by atoms with Crippen molar-refractivity contribution in [2.75, 3.05) is 46.2 Å². The van der Waals surface area contributed by atoms with Crippen molar-refractivity contribution in [2.45, 2.75) is 11.8 Å². The van der Waals surface area contributed by atoms with Crippen LogP contribution >= 0.6 is 11.8 Å². The Morgan fingerprint density at radius 3 is 2.42 bits per heavy atom. The number of rotatable bonds is 8. The summed E-state index contributed by atoms with van der Waals surface area (Å²) in [6, 6.07) is 12.1. The predicted octanol–water partition coefficient (Wildman–Crippen LogP) is 3.33. The minimum atomic E-state index is -0.196. The second-order valence-electron chi connectivity index (χ2n) is 7.51. The third-order valence-electron chi connectivity index (χ3n) is 5.40. The largest absolute Gasteiger partial charge is 0.497 e. The van der Waals surface area contributed by atoms with Gasteiger partial charge in [-0.3, -0.25) is 9.69 Å². The fourth-order valence-electron chi connectivity index (χ4n) is 3.55. The molecule has 4 rings (SSSR count). The van der Waals surface area contributed by atoms with Gasteiger partial charge in [-0.15, -0.1) is 10.2 Å². The molecule has 0 unspecified atom stereocenters. The SMILES string of the molecule is COc1cc(OC)cc(-c2nnc(SCC(=O)N3CCN(Cc4ccccc4F)CC3)o2)c1. The second-order valence-corrected chi connectivity index (χ2v) is 8.44. The normalized spacial score (nSPS) is 14.3. The van der Waals surface area contributed by atoms with Crippen molar-refractivity contribution < 1.29 is 23.1 Å². The zero-order chi connectivity index (χ0) is 23.2. The number of halogens is 1. The van der Waals surface area contributed by atoms with E-state index in [1.807, 2.05) is 11.0 Å². The first-order valence-electron chi connectivity index (χ1n) is 10.5. The van der Waals surface area contributed by atoms with Gasteiger partial charge < -0.3 is 18.8 Å². The number of carbonyl (C=O) groups is 1. The minimum absolute atomic E-state index is 0.00772. The average Bonchev–Trinajstić information content (AvgIpc) is 3.33. The first kappa shape index (κ1) is 23.1. The van der Waals surface area contributed by atoms with Crippen LogP contribution in [0.15, 0.2) is 52.1 Å². The van der Waals surface area contributed by atoms with Gasteiger partial charge >= 0.3 is 0 Å². The van der Waals surface area contributed by atoms with Crippen LogP contribution < -0.4 is 9.47 Å². The fourth-order valence-corrected chi connectivity index (χ4v) is 4.22. The van der Waals surface area contributed by atoms with E-state index >= 15 is 0 Å². The van der Waals surface area contributed by atoms with Gasteiger partial charge in [-0.05, 0) is 18.2 Å². The number of hydrogen-bond donors (Lipinski definition) is 0. The Labute approximate surface area is 195 Å². The molecule has 1 fully saturated rings. The molecule has 0 radical (unpaired) electrons. The molecule has 0 saturated carbocycles. The number of methoxy groups -OCH3 is 2. The number of ether oxygens (including phenoxy) is 2. The molecule has 2 aromatic carbocycles. The predicted molar refractivity (Wildman–Crippen MR) is 122 cm³/mol. The number of piperazine rings is 1. The standard InChI is InChI=1S/C23H25FN4O4S/c1-30-18-11-17(12-19(13-18)31-2)22-25-26-23(32-22)33-15-21(29)28-9-7-27(8-10-28)14-16-5-3-4-6-20(16)24/h3-6,11-13H,7-10,14-15H2,1-2H3. The summed E-state index contributed by atoms with van der Waals surface area (Å²) < 4.78 is 30.1. The first-order valence-corrected chi connectivity index (χ1v) is 11.5. The molecule has 3 aromatic rings. The zero-order valence-corrected chi connectivity index (χ0v) is 19.3. The summed E-state index contributed by atoms with van der Waals surface area (Å²) in [7, 11) is 3.14. The van der Waals surface area contributed by atoms with Crippen molar-refractivity contribution >= 4 is 17.7 Å². The van der Waals surface area contributed by atoms with E-state index in [0.29, 0.717) is 66.5 Å². The third kappa shape index (κ3) is 5.82. The van der Waals surface area contributed by atoms with Gasteiger partial charge in [0.2, 0.25) is 11.8 Å². The smallest absolute Gasteiger partial charge is 0.277 e. The summed E-state index contributed by atoms with van der Waals surface area (Å²) >= 11 is 1.21. The molecule has 1 saturated heterocycles. The number of hydrogen-bond acceptors (Lipinski definition) is 8. The van der Waals surface area contributed by atoms with E-state index in [9.17, 15) is 9.18 Å². The molecule has 0 aliphatic carbocycles. The Kier molecular flexibility index (Phi) is 7.46. The van der Waals surface area contributed by atoms with Crippen molar-refractivity contribution in [1.29, 1.82) is 0 Å². The maximum atomic E-state index is 13.9. The molecular formula is C23H25FN4O4S. The summed E-state index contributed by atoms with van der Waals surface area (Å²) in [6.45, 7) is 3.16. The summed E-state index contributed by atoms with van der Waals surface area (Å²) in [6.07, 6.45) is 0. The summed E-state index contributed by atoms with van der Waals surface area (Å²) in [5.41, 5.74) is 1.34. The Bertz CT molecular complexity index is 1080. The van der Waals surface area contributed by atoms with Crippen molar-refractivity contribution in [1.82, 2.24) is 20.0 Å². The first-order chi connectivity index (χ1) is 16.1. The molecule has 174 valence electrons. The molecule has 2 heterocycles. The molecular weight excluding hydrogens is 447 g/mol. The number of amides is 1. The van der Waals surface area contributed by atoms with Gasteiger partial charge in [0.05, 0.1) is 20.0 Å². The summed E-state index contributed by atoms with van der Waals surface area (Å²) in [5.74, 6) is 1.56. The monoisotopic (exact) mass is 472 g/mol. The van der Waals surface area contributed by atoms with Gasteiger partial charge in [-0.25, -0.2) is 4.39 Å². The van der Waals surface area contributed by atoms with E-state index in [2.05, 4.69) is 15.1 Å². The highest BCUT2D eigenvalue weighted by molar-refractivity contribution is 7.99. The molecule has 0 spiro atoms. The highest BCUT2D eigenvalue weighted by atomic mass is 32.2. The topological polar surface area (TPSA) is 80.9 Å². The van der Waals surface area contributed by atoms with Crippen LogP contribution in [0.2, 0.25) is 0 Å². The second kappa shape index (κ2) is 10.7. The lowest BCUT2D eigenvalue weighted by Gasteiger charge is -2.34. The van der Waals surface area contributed by atoms with Crippen molar-refractivity contribution in [3.8, 4) is 23.0 Å². The number of carbonyl (C=O) groups excluding carboxylic acids is 1. The van der Waals surface area contributed by atoms with E-state index < -0.39 is 0 Å². The van der Waals surface area contributed by atoms with Gasteiger partial charge in [0.1, 0.15) is 17.3 Å². The number of nitrogens with zero attached hydrogens (tertiary/aromatic N) is 4. The number of thioether (sulfide) groups is 1. The molecule has 8 nitrogen and oxygen atoms in total. The van der Waals surface area contributed by atoms with Gasteiger partial charge in [-0.2, -0.15) is 0 Å². The quantitative estimate of drug-likeness (QED) is 0.462. The summed E-state index contributed by atoms with van der Waals surface area (Å²) in [5, 5.41) is 8.43. The Morgan fingerprint density at radius 1 is 1.06 bits per heavy atom. The van der Waals surface area contributed by atoms with Crippen molar-refractivity contribution in [3.05, 3.63) is 53.8 Å². The van der Waals surface area contributed by atoms with Gasteiger partial charge in [-0.1, -0.05) is 30.0 Å². The minimum Gasteiger partial charge on any atom is -0.497 e. The Balaban J connectivity index is 1.28. The van der Waals surface area contributed by atoms with E-state index in [1.54, 1.807) is 44.6 Å². The van der Waals surface area contributed by atoms with Crippen LogP contribution in [-0.2, 0) is 11.3 Å². The molecule has 1 aliphatic heterocycles. The number of aromatic nitrogens is 2. The highest BCUT2D eigenvalue weighted by Gasteiger charge is 2.22. The fraction of sp³-hybridized carbons (Fsp3) is 0.348. The van der Waals surface area contributed by atoms with Crippen LogP contribution in [0, 0.1) is 5.82 Å². The lowest BCUT2D eigenvalue weighted by atomic mass is 10.2. The van der Waals surface area contributed by atoms with Gasteiger partial charge in [0, 0.05) is 49.9 Å². The van der Waals surface area contributed by atoms with E-state index in [4.69, 9.17) is 13.9 Å². The van der Waals surface area contributed by atoms with Crippen LogP contribution in [-0.4, -0.2) is 72.1 Å².